The summed E-state index contributed by atoms with van der Waals surface area (Å²) in [7, 11) is 0. The number of nitrogens with one attached hydrogen (secondary N) is 1. The van der Waals surface area contributed by atoms with Crippen LogP contribution in [0.15, 0.2) is 18.7 Å². The first-order valence-corrected chi connectivity index (χ1v) is 5.35. The summed E-state index contributed by atoms with van der Waals surface area (Å²) in [6.45, 7) is 6.70. The molecule has 1 fully saturated rings. The van der Waals surface area contributed by atoms with E-state index in [1.165, 1.54) is 12.8 Å². The lowest BCUT2D eigenvalue weighted by Gasteiger charge is -2.47. The van der Waals surface area contributed by atoms with Gasteiger partial charge in [0, 0.05) is 30.0 Å². The van der Waals surface area contributed by atoms with Gasteiger partial charge >= 0.3 is 0 Å². The first kappa shape index (κ1) is 9.71. The topological polar surface area (TPSA) is 29.9 Å². The summed E-state index contributed by atoms with van der Waals surface area (Å²) in [5.74, 6) is 0. The fourth-order valence-electron chi connectivity index (χ4n) is 2.38. The zero-order valence-electron chi connectivity index (χ0n) is 9.20. The molecule has 1 heterocycles. The molecule has 0 radical (unpaired) electrons. The number of hydrogen-bond acceptors (Lipinski definition) is 2. The van der Waals surface area contributed by atoms with Gasteiger partial charge in [-0.25, -0.2) is 4.98 Å². The summed E-state index contributed by atoms with van der Waals surface area (Å²) in [5.41, 5.74) is 0.295. The number of imidazole rings is 1. The molecule has 78 valence electrons. The number of aromatic nitrogens is 2. The third-order valence-electron chi connectivity index (χ3n) is 3.07. The molecule has 1 aromatic rings. The number of hydrogen-bond donors (Lipinski definition) is 1. The van der Waals surface area contributed by atoms with E-state index < -0.39 is 0 Å². The van der Waals surface area contributed by atoms with Crippen LogP contribution < -0.4 is 5.32 Å². The van der Waals surface area contributed by atoms with Crippen molar-refractivity contribution < 1.29 is 0 Å². The maximum Gasteiger partial charge on any atom is 0.0951 e. The molecule has 0 aromatic carbocycles. The molecule has 0 unspecified atom stereocenters. The van der Waals surface area contributed by atoms with Gasteiger partial charge in [-0.2, -0.15) is 0 Å². The van der Waals surface area contributed by atoms with Gasteiger partial charge in [0.2, 0.25) is 0 Å². The van der Waals surface area contributed by atoms with E-state index in [2.05, 4.69) is 41.8 Å². The van der Waals surface area contributed by atoms with E-state index in [1.807, 2.05) is 12.5 Å². The van der Waals surface area contributed by atoms with Crippen LogP contribution in [-0.2, 0) is 5.54 Å². The third-order valence-corrected chi connectivity index (χ3v) is 3.07. The van der Waals surface area contributed by atoms with Crippen molar-refractivity contribution in [3.05, 3.63) is 18.7 Å². The molecular formula is C11H19N3. The minimum atomic E-state index is 0.295. The van der Waals surface area contributed by atoms with Crippen molar-refractivity contribution >= 4 is 0 Å². The van der Waals surface area contributed by atoms with Crippen LogP contribution in [0.3, 0.4) is 0 Å². The lowest BCUT2D eigenvalue weighted by molar-refractivity contribution is 0.107. The van der Waals surface area contributed by atoms with Crippen molar-refractivity contribution in [2.24, 2.45) is 0 Å². The van der Waals surface area contributed by atoms with Crippen molar-refractivity contribution in [2.75, 3.05) is 0 Å². The Morgan fingerprint density at radius 3 is 2.71 bits per heavy atom. The van der Waals surface area contributed by atoms with Gasteiger partial charge in [-0.3, -0.25) is 0 Å². The summed E-state index contributed by atoms with van der Waals surface area (Å²) in [6.07, 6.45) is 8.26. The van der Waals surface area contributed by atoms with Crippen molar-refractivity contribution in [3.63, 3.8) is 0 Å². The molecule has 1 N–H and O–H groups in total. The van der Waals surface area contributed by atoms with E-state index in [0.29, 0.717) is 17.6 Å². The van der Waals surface area contributed by atoms with Gasteiger partial charge in [-0.05, 0) is 19.8 Å². The highest BCUT2D eigenvalue weighted by Crippen LogP contribution is 2.38. The minimum absolute atomic E-state index is 0.295. The van der Waals surface area contributed by atoms with E-state index in [1.54, 1.807) is 0 Å². The highest BCUT2D eigenvalue weighted by atomic mass is 15.1. The van der Waals surface area contributed by atoms with E-state index in [-0.39, 0.29) is 0 Å². The van der Waals surface area contributed by atoms with Crippen molar-refractivity contribution in [1.29, 1.82) is 0 Å². The molecule has 2 rings (SSSR count). The Hall–Kier alpha value is -0.830. The average molecular weight is 193 g/mol. The largest absolute Gasteiger partial charge is 0.332 e. The third kappa shape index (κ3) is 1.69. The Kier molecular flexibility index (Phi) is 2.35. The Balaban J connectivity index is 1.92. The van der Waals surface area contributed by atoms with E-state index in [9.17, 15) is 0 Å². The van der Waals surface area contributed by atoms with Gasteiger partial charge in [0.1, 0.15) is 0 Å². The van der Waals surface area contributed by atoms with Crippen molar-refractivity contribution in [1.82, 2.24) is 14.9 Å². The first-order chi connectivity index (χ1) is 6.60. The summed E-state index contributed by atoms with van der Waals surface area (Å²) in [5, 5.41) is 3.56. The Bertz CT molecular complexity index is 283. The zero-order chi connectivity index (χ0) is 10.2. The van der Waals surface area contributed by atoms with Gasteiger partial charge in [-0.1, -0.05) is 13.8 Å². The molecule has 3 nitrogen and oxygen atoms in total. The fourth-order valence-corrected chi connectivity index (χ4v) is 2.38. The molecule has 1 saturated carbocycles. The summed E-state index contributed by atoms with van der Waals surface area (Å²) in [6, 6.07) is 1.27. The normalized spacial score (nSPS) is 31.9. The SMILES string of the molecule is CC(C)NC1CC(C)(n2ccnc2)C1. The Labute approximate surface area is 85.5 Å². The van der Waals surface area contributed by atoms with Gasteiger partial charge < -0.3 is 9.88 Å². The van der Waals surface area contributed by atoms with Gasteiger partial charge in [0.15, 0.2) is 0 Å². The molecule has 14 heavy (non-hydrogen) atoms. The average Bonchev–Trinajstić information content (AvgIpc) is 2.51. The van der Waals surface area contributed by atoms with Gasteiger partial charge in [0.25, 0.3) is 0 Å². The monoisotopic (exact) mass is 193 g/mol. The molecule has 0 saturated heterocycles. The smallest absolute Gasteiger partial charge is 0.0951 e. The van der Waals surface area contributed by atoms with Gasteiger partial charge in [-0.15, -0.1) is 0 Å². The Morgan fingerprint density at radius 1 is 1.50 bits per heavy atom. The molecule has 0 spiro atoms. The van der Waals surface area contributed by atoms with E-state index >= 15 is 0 Å². The van der Waals surface area contributed by atoms with Crippen LogP contribution in [0.25, 0.3) is 0 Å². The lowest BCUT2D eigenvalue weighted by atomic mass is 9.73. The molecule has 0 bridgehead atoms. The highest BCUT2D eigenvalue weighted by molar-refractivity contribution is 5.02. The number of rotatable bonds is 3. The van der Waals surface area contributed by atoms with Crippen LogP contribution in [0.4, 0.5) is 0 Å². The summed E-state index contributed by atoms with van der Waals surface area (Å²) >= 11 is 0. The second kappa shape index (κ2) is 3.39. The molecular weight excluding hydrogens is 174 g/mol. The standard InChI is InChI=1S/C11H19N3/c1-9(2)13-10-6-11(3,7-10)14-5-4-12-8-14/h4-5,8-10,13H,6-7H2,1-3H3. The summed E-state index contributed by atoms with van der Waals surface area (Å²) in [4.78, 5) is 4.10. The predicted octanol–water partition coefficient (Wildman–Crippen LogP) is 1.76. The molecule has 0 aliphatic heterocycles. The fraction of sp³-hybridized carbons (Fsp3) is 0.727. The summed E-state index contributed by atoms with van der Waals surface area (Å²) < 4.78 is 2.23. The van der Waals surface area contributed by atoms with Crippen LogP contribution in [0, 0.1) is 0 Å². The Morgan fingerprint density at radius 2 is 2.21 bits per heavy atom. The van der Waals surface area contributed by atoms with Gasteiger partial charge in [0.05, 0.1) is 6.33 Å². The molecule has 0 atom stereocenters. The van der Waals surface area contributed by atoms with Crippen LogP contribution in [-0.4, -0.2) is 21.6 Å². The lowest BCUT2D eigenvalue weighted by Crippen LogP contribution is -2.54. The van der Waals surface area contributed by atoms with Crippen molar-refractivity contribution in [3.8, 4) is 0 Å². The predicted molar refractivity (Wildman–Crippen MR) is 57.2 cm³/mol. The molecule has 3 heteroatoms. The van der Waals surface area contributed by atoms with Crippen molar-refractivity contribution in [2.45, 2.75) is 51.2 Å². The highest BCUT2D eigenvalue weighted by Gasteiger charge is 2.41. The zero-order valence-corrected chi connectivity index (χ0v) is 9.20. The minimum Gasteiger partial charge on any atom is -0.332 e. The quantitative estimate of drug-likeness (QED) is 0.792. The van der Waals surface area contributed by atoms with E-state index in [4.69, 9.17) is 0 Å². The van der Waals surface area contributed by atoms with E-state index in [0.717, 1.165) is 0 Å². The molecule has 1 aromatic heterocycles. The van der Waals surface area contributed by atoms with Crippen LogP contribution in [0.2, 0.25) is 0 Å². The maximum atomic E-state index is 4.10. The van der Waals surface area contributed by atoms with Crippen LogP contribution in [0.1, 0.15) is 33.6 Å². The molecule has 1 aliphatic carbocycles. The van der Waals surface area contributed by atoms with Crippen LogP contribution >= 0.6 is 0 Å². The second-order valence-corrected chi connectivity index (χ2v) is 4.89. The molecule has 1 aliphatic rings. The maximum absolute atomic E-state index is 4.10. The number of nitrogens with zero attached hydrogens (tertiary/aromatic N) is 2. The first-order valence-electron chi connectivity index (χ1n) is 5.35. The van der Waals surface area contributed by atoms with Crippen LogP contribution in [0.5, 0.6) is 0 Å². The molecule has 0 amide bonds. The second-order valence-electron chi connectivity index (χ2n) is 4.89.